The lowest BCUT2D eigenvalue weighted by Gasteiger charge is -2.09. The predicted molar refractivity (Wildman–Crippen MR) is 52.5 cm³/mol. The number of nitrogens with zero attached hydrogens (tertiary/aromatic N) is 1. The third-order valence-corrected chi connectivity index (χ3v) is 2.22. The third-order valence-electron chi connectivity index (χ3n) is 2.02. The number of thiocarbonyl (C=S) groups is 1. The van der Waals surface area contributed by atoms with Crippen LogP contribution in [0.25, 0.3) is 0 Å². The number of rotatable bonds is 2. The molecule has 0 radical (unpaired) electrons. The Labute approximate surface area is 82.1 Å². The van der Waals surface area contributed by atoms with Crippen molar-refractivity contribution < 1.29 is 4.74 Å². The summed E-state index contributed by atoms with van der Waals surface area (Å²) in [7, 11) is 0. The van der Waals surface area contributed by atoms with Crippen LogP contribution in [-0.2, 0) is 4.74 Å². The third kappa shape index (κ3) is 2.17. The van der Waals surface area contributed by atoms with Crippen molar-refractivity contribution in [2.24, 2.45) is 17.4 Å². The van der Waals surface area contributed by atoms with Gasteiger partial charge in [0.15, 0.2) is 0 Å². The van der Waals surface area contributed by atoms with E-state index in [1.54, 1.807) is 0 Å². The molecule has 4 N–H and O–H groups in total. The number of hydrogen-bond donors (Lipinski definition) is 2. The van der Waals surface area contributed by atoms with E-state index in [0.717, 1.165) is 6.42 Å². The van der Waals surface area contributed by atoms with Crippen molar-refractivity contribution in [3.05, 3.63) is 11.3 Å². The van der Waals surface area contributed by atoms with Crippen LogP contribution in [0.5, 0.6) is 0 Å². The summed E-state index contributed by atoms with van der Waals surface area (Å²) >= 11 is 4.70. The first kappa shape index (κ1) is 9.96. The molecule has 13 heavy (non-hydrogen) atoms. The smallest absolute Gasteiger partial charge is 0.116 e. The van der Waals surface area contributed by atoms with Crippen LogP contribution in [0.15, 0.2) is 11.3 Å². The molecule has 0 amide bonds. The minimum atomic E-state index is 0.0619. The van der Waals surface area contributed by atoms with Gasteiger partial charge in [0.2, 0.25) is 0 Å². The predicted octanol–water partition coefficient (Wildman–Crippen LogP) is 0.0454. The standard InChI is InChI=1S/C8H11N3OS/c9-3-6(8(11)13)7(10)5-1-2-12-4-5/h5H,1-2,4,10H2,(H2,11,13)/b7-6+. The van der Waals surface area contributed by atoms with Crippen LogP contribution in [0.4, 0.5) is 0 Å². The van der Waals surface area contributed by atoms with Crippen LogP contribution < -0.4 is 11.5 Å². The van der Waals surface area contributed by atoms with Crippen molar-refractivity contribution in [2.75, 3.05) is 13.2 Å². The van der Waals surface area contributed by atoms with Gasteiger partial charge in [0, 0.05) is 18.2 Å². The Balaban J connectivity index is 2.87. The van der Waals surface area contributed by atoms with Gasteiger partial charge in [-0.2, -0.15) is 5.26 Å². The van der Waals surface area contributed by atoms with E-state index >= 15 is 0 Å². The van der Waals surface area contributed by atoms with Gasteiger partial charge in [-0.1, -0.05) is 12.2 Å². The fourth-order valence-corrected chi connectivity index (χ4v) is 1.41. The van der Waals surface area contributed by atoms with Crippen LogP contribution in [-0.4, -0.2) is 18.2 Å². The van der Waals surface area contributed by atoms with Crippen LogP contribution in [0.1, 0.15) is 6.42 Å². The molecule has 0 aromatic heterocycles. The summed E-state index contributed by atoms with van der Waals surface area (Å²) in [5, 5.41) is 8.73. The lowest BCUT2D eigenvalue weighted by atomic mass is 10.0. The molecule has 1 rings (SSSR count). The van der Waals surface area contributed by atoms with Gasteiger partial charge in [-0.25, -0.2) is 0 Å². The minimum absolute atomic E-state index is 0.0619. The average Bonchev–Trinajstić information content (AvgIpc) is 2.56. The molecule has 0 spiro atoms. The Morgan fingerprint density at radius 1 is 1.54 bits per heavy atom. The van der Waals surface area contributed by atoms with Crippen LogP contribution in [0.3, 0.4) is 0 Å². The first-order valence-corrected chi connectivity index (χ1v) is 4.35. The van der Waals surface area contributed by atoms with Crippen LogP contribution in [0.2, 0.25) is 0 Å². The zero-order valence-corrected chi connectivity index (χ0v) is 7.93. The number of hydrogen-bond acceptors (Lipinski definition) is 4. The van der Waals surface area contributed by atoms with E-state index in [9.17, 15) is 0 Å². The molecule has 0 aromatic rings. The van der Waals surface area contributed by atoms with E-state index in [2.05, 4.69) is 0 Å². The van der Waals surface area contributed by atoms with Gasteiger partial charge >= 0.3 is 0 Å². The number of nitriles is 1. The highest BCUT2D eigenvalue weighted by Crippen LogP contribution is 2.20. The van der Waals surface area contributed by atoms with Gasteiger partial charge in [-0.3, -0.25) is 0 Å². The molecule has 1 saturated heterocycles. The van der Waals surface area contributed by atoms with E-state index < -0.39 is 0 Å². The first-order chi connectivity index (χ1) is 6.16. The zero-order valence-electron chi connectivity index (χ0n) is 7.12. The molecular weight excluding hydrogens is 186 g/mol. The molecule has 5 heteroatoms. The van der Waals surface area contributed by atoms with E-state index in [-0.39, 0.29) is 16.5 Å². The second-order valence-electron chi connectivity index (χ2n) is 2.87. The molecule has 1 heterocycles. The van der Waals surface area contributed by atoms with Gasteiger partial charge < -0.3 is 16.2 Å². The molecular formula is C8H11N3OS. The molecule has 0 aliphatic carbocycles. The molecule has 70 valence electrons. The molecule has 1 aliphatic heterocycles. The fourth-order valence-electron chi connectivity index (χ4n) is 1.25. The van der Waals surface area contributed by atoms with Gasteiger partial charge in [0.25, 0.3) is 0 Å². The summed E-state index contributed by atoms with van der Waals surface area (Å²) in [6.45, 7) is 1.24. The maximum absolute atomic E-state index is 8.73. The quantitative estimate of drug-likeness (QED) is 0.371. The van der Waals surface area contributed by atoms with Crippen molar-refractivity contribution in [3.8, 4) is 6.07 Å². The normalized spacial score (nSPS) is 23.5. The highest BCUT2D eigenvalue weighted by atomic mass is 32.1. The Morgan fingerprint density at radius 3 is 2.62 bits per heavy atom. The molecule has 4 nitrogen and oxygen atoms in total. The Kier molecular flexibility index (Phi) is 3.23. The summed E-state index contributed by atoms with van der Waals surface area (Å²) in [4.78, 5) is 0.0619. The maximum Gasteiger partial charge on any atom is 0.116 e. The van der Waals surface area contributed by atoms with Crippen molar-refractivity contribution in [3.63, 3.8) is 0 Å². The number of ether oxygens (including phenoxy) is 1. The van der Waals surface area contributed by atoms with Gasteiger partial charge in [0.05, 0.1) is 6.61 Å². The van der Waals surface area contributed by atoms with E-state index in [0.29, 0.717) is 18.9 Å². The van der Waals surface area contributed by atoms with Crippen molar-refractivity contribution in [1.82, 2.24) is 0 Å². The summed E-state index contributed by atoms with van der Waals surface area (Å²) < 4.78 is 5.14. The van der Waals surface area contributed by atoms with Gasteiger partial charge in [0.1, 0.15) is 16.6 Å². The Bertz CT molecular complexity index is 286. The largest absolute Gasteiger partial charge is 0.401 e. The minimum Gasteiger partial charge on any atom is -0.401 e. The molecule has 1 unspecified atom stereocenters. The fraction of sp³-hybridized carbons (Fsp3) is 0.500. The topological polar surface area (TPSA) is 85.1 Å². The second-order valence-corrected chi connectivity index (χ2v) is 3.31. The van der Waals surface area contributed by atoms with Gasteiger partial charge in [-0.05, 0) is 6.42 Å². The molecule has 0 aromatic carbocycles. The highest BCUT2D eigenvalue weighted by molar-refractivity contribution is 7.80. The second kappa shape index (κ2) is 4.21. The molecule has 1 aliphatic rings. The zero-order chi connectivity index (χ0) is 9.84. The summed E-state index contributed by atoms with van der Waals surface area (Å²) in [5.74, 6) is 0.0937. The van der Waals surface area contributed by atoms with Crippen molar-refractivity contribution >= 4 is 17.2 Å². The van der Waals surface area contributed by atoms with E-state index in [1.165, 1.54) is 0 Å². The summed E-state index contributed by atoms with van der Waals surface area (Å²) in [6.07, 6.45) is 0.833. The molecule has 1 fully saturated rings. The van der Waals surface area contributed by atoms with Crippen molar-refractivity contribution in [2.45, 2.75) is 6.42 Å². The van der Waals surface area contributed by atoms with E-state index in [4.69, 9.17) is 33.7 Å². The lowest BCUT2D eigenvalue weighted by molar-refractivity contribution is 0.190. The average molecular weight is 197 g/mol. The van der Waals surface area contributed by atoms with Crippen LogP contribution >= 0.6 is 12.2 Å². The first-order valence-electron chi connectivity index (χ1n) is 3.94. The maximum atomic E-state index is 8.73. The molecule has 1 atom stereocenters. The van der Waals surface area contributed by atoms with Crippen LogP contribution in [0, 0.1) is 17.2 Å². The monoisotopic (exact) mass is 197 g/mol. The summed E-state index contributed by atoms with van der Waals surface area (Å²) in [5.41, 5.74) is 11.8. The Morgan fingerprint density at radius 2 is 2.23 bits per heavy atom. The Hall–Kier alpha value is -1.12. The van der Waals surface area contributed by atoms with E-state index in [1.807, 2.05) is 6.07 Å². The molecule has 0 bridgehead atoms. The van der Waals surface area contributed by atoms with Crippen molar-refractivity contribution in [1.29, 1.82) is 5.26 Å². The number of nitrogens with two attached hydrogens (primary N) is 2. The lowest BCUT2D eigenvalue weighted by Crippen LogP contribution is -2.21. The summed E-state index contributed by atoms with van der Waals surface area (Å²) in [6, 6.07) is 1.91. The van der Waals surface area contributed by atoms with Gasteiger partial charge in [-0.15, -0.1) is 0 Å². The molecule has 0 saturated carbocycles. The highest BCUT2D eigenvalue weighted by Gasteiger charge is 2.21. The SMILES string of the molecule is N#C/C(C(N)=S)=C(\N)C1CCOC1.